The van der Waals surface area contributed by atoms with Gasteiger partial charge in [-0.25, -0.2) is 4.57 Å². The van der Waals surface area contributed by atoms with Crippen LogP contribution < -0.4 is 0 Å². The highest BCUT2D eigenvalue weighted by atomic mass is 31.2. The molecular weight excluding hydrogens is 415 g/mol. The zero-order chi connectivity index (χ0) is 22.7. The number of rotatable bonds is 12. The second-order valence-electron chi connectivity index (χ2n) is 5.22. The number of ketones is 2. The molecule has 11 N–H and O–H groups in total. The fourth-order valence-electron chi connectivity index (χ4n) is 1.37. The Labute approximate surface area is 157 Å². The van der Waals surface area contributed by atoms with Crippen LogP contribution in [0.25, 0.3) is 0 Å². The predicted molar refractivity (Wildman–Crippen MR) is 85.3 cm³/mol. The molecule has 0 fully saturated rings. The van der Waals surface area contributed by atoms with Gasteiger partial charge in [-0.3, -0.25) is 14.1 Å². The van der Waals surface area contributed by atoms with Gasteiger partial charge >= 0.3 is 7.82 Å². The van der Waals surface area contributed by atoms with Crippen LogP contribution in [-0.4, -0.2) is 130 Å². The van der Waals surface area contributed by atoms with E-state index in [1.807, 2.05) is 0 Å². The highest BCUT2D eigenvalue weighted by molar-refractivity contribution is 7.46. The highest BCUT2D eigenvalue weighted by Crippen LogP contribution is 2.35. The standard InChI is InChI=1S/C6H13O9P.C6H12O6/c7-1-3(8)5(10)6(11)4(9)2-15-16(12,13)14;7-1-3(9)5(11)6(12)4(10)2-8/h4-7,9-11H,1-2H2,(H2,12,13,14);3,5-9,11-12H,1-2H2/t4-,5-,6-;3-,5-,6-/m11/s1. The number of aliphatic hydroxyl groups excluding tert-OH is 9. The summed E-state index contributed by atoms with van der Waals surface area (Å²) in [4.78, 5) is 37.8. The van der Waals surface area contributed by atoms with Gasteiger partial charge in [-0.2, -0.15) is 0 Å². The Balaban J connectivity index is 0. The third kappa shape index (κ3) is 11.8. The molecule has 0 spiro atoms. The molecule has 28 heavy (non-hydrogen) atoms. The number of carbonyl (C=O) groups excluding carboxylic acids is 2. The van der Waals surface area contributed by atoms with Gasteiger partial charge in [-0.05, 0) is 0 Å². The number of carbonyl (C=O) groups is 2. The van der Waals surface area contributed by atoms with Gasteiger partial charge in [0.05, 0.1) is 13.2 Å². The maximum Gasteiger partial charge on any atom is 0.469 e. The van der Waals surface area contributed by atoms with Crippen molar-refractivity contribution in [2.45, 2.75) is 36.6 Å². The Morgan fingerprint density at radius 1 is 0.750 bits per heavy atom. The lowest BCUT2D eigenvalue weighted by molar-refractivity contribution is -0.143. The largest absolute Gasteiger partial charge is 0.469 e. The first-order chi connectivity index (χ1) is 12.7. The van der Waals surface area contributed by atoms with Crippen molar-refractivity contribution in [3.63, 3.8) is 0 Å². The third-order valence-electron chi connectivity index (χ3n) is 3.01. The van der Waals surface area contributed by atoms with Gasteiger partial charge in [-0.1, -0.05) is 0 Å². The molecule has 0 aromatic heterocycles. The van der Waals surface area contributed by atoms with Gasteiger partial charge < -0.3 is 55.7 Å². The molecule has 168 valence electrons. The Kier molecular flexibility index (Phi) is 14.8. The van der Waals surface area contributed by atoms with Crippen LogP contribution in [0.4, 0.5) is 0 Å². The van der Waals surface area contributed by atoms with Crippen molar-refractivity contribution in [1.29, 1.82) is 0 Å². The fraction of sp³-hybridized carbons (Fsp3) is 0.833. The Hall–Kier alpha value is -0.910. The summed E-state index contributed by atoms with van der Waals surface area (Å²) in [6, 6.07) is 0. The van der Waals surface area contributed by atoms with E-state index in [9.17, 15) is 14.2 Å². The molecule has 0 rings (SSSR count). The van der Waals surface area contributed by atoms with Crippen LogP contribution in [0.2, 0.25) is 0 Å². The maximum atomic E-state index is 10.7. The van der Waals surface area contributed by atoms with Crippen LogP contribution in [0.1, 0.15) is 0 Å². The Bertz CT molecular complexity index is 507. The molecule has 0 aliphatic rings. The normalized spacial score (nSPS) is 18.1. The molecule has 0 saturated heterocycles. The molecule has 0 amide bonds. The number of hydrogen-bond acceptors (Lipinski definition) is 13. The van der Waals surface area contributed by atoms with E-state index in [1.54, 1.807) is 0 Å². The van der Waals surface area contributed by atoms with Gasteiger partial charge in [0.1, 0.15) is 49.8 Å². The lowest BCUT2D eigenvalue weighted by Crippen LogP contribution is -2.45. The van der Waals surface area contributed by atoms with Crippen LogP contribution in [0.15, 0.2) is 0 Å². The third-order valence-corrected chi connectivity index (χ3v) is 3.49. The summed E-state index contributed by atoms with van der Waals surface area (Å²) >= 11 is 0. The van der Waals surface area contributed by atoms with Gasteiger partial charge in [0.25, 0.3) is 0 Å². The molecule has 0 bridgehead atoms. The molecule has 0 radical (unpaired) electrons. The first-order valence-electron chi connectivity index (χ1n) is 7.39. The molecule has 0 aliphatic carbocycles. The first kappa shape index (κ1) is 29.3. The molecule has 0 heterocycles. The zero-order valence-electron chi connectivity index (χ0n) is 14.3. The van der Waals surface area contributed by atoms with E-state index in [-0.39, 0.29) is 0 Å². The van der Waals surface area contributed by atoms with Crippen LogP contribution in [0.3, 0.4) is 0 Å². The highest BCUT2D eigenvalue weighted by Gasteiger charge is 2.31. The van der Waals surface area contributed by atoms with Crippen molar-refractivity contribution in [1.82, 2.24) is 0 Å². The van der Waals surface area contributed by atoms with Crippen LogP contribution in [0.5, 0.6) is 0 Å². The maximum absolute atomic E-state index is 10.7. The average Bonchev–Trinajstić information content (AvgIpc) is 2.67. The summed E-state index contributed by atoms with van der Waals surface area (Å²) in [6.45, 7) is -3.70. The minimum absolute atomic E-state index is 0.767. The van der Waals surface area contributed by atoms with Crippen molar-refractivity contribution in [2.75, 3.05) is 26.4 Å². The molecule has 0 saturated carbocycles. The number of Topliss-reactive ketones (excluding diaryl/α,β-unsaturated/α-hetero) is 2. The van der Waals surface area contributed by atoms with Crippen molar-refractivity contribution < 1.29 is 74.4 Å². The summed E-state index contributed by atoms with van der Waals surface area (Å²) < 4.78 is 14.1. The topological polar surface area (TPSA) is 283 Å². The quantitative estimate of drug-likeness (QED) is 0.126. The second kappa shape index (κ2) is 14.1. The fourth-order valence-corrected chi connectivity index (χ4v) is 1.72. The lowest BCUT2D eigenvalue weighted by atomic mass is 10.1. The van der Waals surface area contributed by atoms with Gasteiger partial charge in [0.2, 0.25) is 0 Å². The van der Waals surface area contributed by atoms with Crippen molar-refractivity contribution in [3.05, 3.63) is 0 Å². The predicted octanol–water partition coefficient (Wildman–Crippen LogP) is -6.64. The molecule has 16 heteroatoms. The van der Waals surface area contributed by atoms with E-state index in [0.29, 0.717) is 0 Å². The van der Waals surface area contributed by atoms with Crippen LogP contribution in [0, 0.1) is 0 Å². The molecule has 0 aromatic carbocycles. The monoisotopic (exact) mass is 440 g/mol. The van der Waals surface area contributed by atoms with Gasteiger partial charge in [0.15, 0.2) is 11.6 Å². The Morgan fingerprint density at radius 3 is 1.39 bits per heavy atom. The van der Waals surface area contributed by atoms with E-state index >= 15 is 0 Å². The molecule has 0 aromatic rings. The lowest BCUT2D eigenvalue weighted by Gasteiger charge is -2.21. The van der Waals surface area contributed by atoms with Crippen LogP contribution in [-0.2, 0) is 18.7 Å². The van der Waals surface area contributed by atoms with Crippen LogP contribution >= 0.6 is 7.82 Å². The Morgan fingerprint density at radius 2 is 1.11 bits per heavy atom. The minimum Gasteiger partial charge on any atom is -0.394 e. The van der Waals surface area contributed by atoms with Crippen molar-refractivity contribution >= 4 is 19.4 Å². The molecule has 6 atom stereocenters. The molecule has 0 aliphatic heterocycles. The van der Waals surface area contributed by atoms with E-state index in [0.717, 1.165) is 0 Å². The van der Waals surface area contributed by atoms with E-state index in [4.69, 9.17) is 55.7 Å². The molecule has 15 nitrogen and oxygen atoms in total. The SMILES string of the molecule is O=C(CO)[C@@H](O)[C@H](O)[C@H](O)CO.O=C(CO)[C@@H](O)[C@H](O)[C@H](O)COP(=O)(O)O. The number of aliphatic hydroxyl groups is 9. The van der Waals surface area contributed by atoms with Crippen molar-refractivity contribution in [3.8, 4) is 0 Å². The average molecular weight is 440 g/mol. The summed E-state index contributed by atoms with van der Waals surface area (Å²) in [5.41, 5.74) is 0. The molecular formula is C12H25O15P. The summed E-state index contributed by atoms with van der Waals surface area (Å²) in [6.07, 6.45) is -11.2. The summed E-state index contributed by atoms with van der Waals surface area (Å²) in [5, 5.41) is 78.6. The van der Waals surface area contributed by atoms with E-state index in [1.165, 1.54) is 0 Å². The van der Waals surface area contributed by atoms with E-state index in [2.05, 4.69) is 4.52 Å². The second-order valence-corrected chi connectivity index (χ2v) is 6.46. The minimum atomic E-state index is -4.81. The summed E-state index contributed by atoms with van der Waals surface area (Å²) in [7, 11) is -4.81. The number of phosphoric acid groups is 1. The van der Waals surface area contributed by atoms with Crippen molar-refractivity contribution in [2.24, 2.45) is 0 Å². The molecule has 0 unspecified atom stereocenters. The smallest absolute Gasteiger partial charge is 0.394 e. The summed E-state index contributed by atoms with van der Waals surface area (Å²) in [5.74, 6) is -2.14. The van der Waals surface area contributed by atoms with E-state index < -0.39 is 82.4 Å². The van der Waals surface area contributed by atoms with Gasteiger partial charge in [-0.15, -0.1) is 0 Å². The zero-order valence-corrected chi connectivity index (χ0v) is 15.2. The van der Waals surface area contributed by atoms with Gasteiger partial charge in [0, 0.05) is 0 Å². The number of phosphoric ester groups is 1. The number of hydrogen-bond donors (Lipinski definition) is 11. The first-order valence-corrected chi connectivity index (χ1v) is 8.92.